The van der Waals surface area contributed by atoms with Gasteiger partial charge < -0.3 is 10.6 Å². The molecule has 0 radical (unpaired) electrons. The highest BCUT2D eigenvalue weighted by molar-refractivity contribution is 5.47. The van der Waals surface area contributed by atoms with Gasteiger partial charge in [0.15, 0.2) is 23.3 Å². The van der Waals surface area contributed by atoms with Crippen LogP contribution >= 0.6 is 0 Å². The lowest BCUT2D eigenvalue weighted by Crippen LogP contribution is -2.27. The maximum atomic E-state index is 13.5. The zero-order valence-electron chi connectivity index (χ0n) is 9.63. The van der Waals surface area contributed by atoms with Gasteiger partial charge in [-0.1, -0.05) is 13.8 Å². The highest BCUT2D eigenvalue weighted by atomic mass is 19.1. The van der Waals surface area contributed by atoms with Gasteiger partial charge in [0.25, 0.3) is 0 Å². The first kappa shape index (κ1) is 12.7. The lowest BCUT2D eigenvalue weighted by Gasteiger charge is -2.23. The van der Waals surface area contributed by atoms with Crippen molar-refractivity contribution in [3.05, 3.63) is 17.7 Å². The van der Waals surface area contributed by atoms with E-state index in [2.05, 4.69) is 4.98 Å². The molecule has 0 aliphatic rings. The molecule has 16 heavy (non-hydrogen) atoms. The number of nitrogen functional groups attached to an aromatic ring is 1. The topological polar surface area (TPSA) is 42.2 Å². The minimum atomic E-state index is -0.811. The Morgan fingerprint density at radius 3 is 2.25 bits per heavy atom. The summed E-state index contributed by atoms with van der Waals surface area (Å²) in [7, 11) is 0. The molecule has 0 aliphatic heterocycles. The quantitative estimate of drug-likeness (QED) is 0.843. The summed E-state index contributed by atoms with van der Waals surface area (Å²) in [6, 6.07) is 0.788. The second kappa shape index (κ2) is 5.63. The molecule has 0 unspecified atom stereocenters. The Kier molecular flexibility index (Phi) is 4.46. The van der Waals surface area contributed by atoms with Gasteiger partial charge in [0.2, 0.25) is 0 Å². The van der Waals surface area contributed by atoms with Crippen LogP contribution in [0.4, 0.5) is 20.4 Å². The van der Waals surface area contributed by atoms with Crippen LogP contribution in [0.5, 0.6) is 0 Å². The van der Waals surface area contributed by atoms with Crippen LogP contribution in [0, 0.1) is 11.6 Å². The lowest BCUT2D eigenvalue weighted by atomic mass is 10.3. The molecular formula is C11H17F2N3. The monoisotopic (exact) mass is 229 g/mol. The van der Waals surface area contributed by atoms with Gasteiger partial charge >= 0.3 is 0 Å². The van der Waals surface area contributed by atoms with Crippen molar-refractivity contribution in [3.63, 3.8) is 0 Å². The standard InChI is InChI=1S/C11H17F2N3/c1-3-5-16(6-4-2)11-9(13)7-8(12)10(14)15-11/h7H,3-6H2,1-2H3,(H2,14,15). The third kappa shape index (κ3) is 2.81. The molecule has 0 atom stereocenters. The fraction of sp³-hybridized carbons (Fsp3) is 0.545. The molecule has 1 aromatic rings. The molecular weight excluding hydrogens is 212 g/mol. The van der Waals surface area contributed by atoms with Gasteiger partial charge in [-0.2, -0.15) is 0 Å². The first-order valence-electron chi connectivity index (χ1n) is 5.46. The van der Waals surface area contributed by atoms with E-state index in [1.807, 2.05) is 13.8 Å². The van der Waals surface area contributed by atoms with Crippen LogP contribution < -0.4 is 10.6 Å². The first-order valence-corrected chi connectivity index (χ1v) is 5.46. The van der Waals surface area contributed by atoms with Crippen LogP contribution in [-0.2, 0) is 0 Å². The molecule has 0 aromatic carbocycles. The molecule has 0 amide bonds. The zero-order chi connectivity index (χ0) is 12.1. The molecule has 1 heterocycles. The largest absolute Gasteiger partial charge is 0.381 e. The first-order chi connectivity index (χ1) is 7.60. The normalized spacial score (nSPS) is 10.5. The van der Waals surface area contributed by atoms with E-state index in [1.165, 1.54) is 0 Å². The summed E-state index contributed by atoms with van der Waals surface area (Å²) in [5.41, 5.74) is 5.34. The van der Waals surface area contributed by atoms with E-state index in [-0.39, 0.29) is 11.6 Å². The Balaban J connectivity index is 3.03. The van der Waals surface area contributed by atoms with Gasteiger partial charge in [0.1, 0.15) is 0 Å². The molecule has 0 bridgehead atoms. The number of rotatable bonds is 5. The van der Waals surface area contributed by atoms with E-state index in [0.717, 1.165) is 18.9 Å². The van der Waals surface area contributed by atoms with Crippen molar-refractivity contribution in [1.29, 1.82) is 0 Å². The van der Waals surface area contributed by atoms with Crippen molar-refractivity contribution in [2.75, 3.05) is 23.7 Å². The Morgan fingerprint density at radius 2 is 1.75 bits per heavy atom. The van der Waals surface area contributed by atoms with E-state index < -0.39 is 11.6 Å². The van der Waals surface area contributed by atoms with Crippen LogP contribution in [0.25, 0.3) is 0 Å². The van der Waals surface area contributed by atoms with Crippen molar-refractivity contribution in [2.45, 2.75) is 26.7 Å². The Hall–Kier alpha value is -1.39. The molecule has 0 aliphatic carbocycles. The number of hydrogen-bond donors (Lipinski definition) is 1. The number of pyridine rings is 1. The SMILES string of the molecule is CCCN(CCC)c1nc(N)c(F)cc1F. The Bertz CT molecular complexity index is 349. The zero-order valence-corrected chi connectivity index (χ0v) is 9.63. The maximum Gasteiger partial charge on any atom is 0.168 e. The van der Waals surface area contributed by atoms with E-state index >= 15 is 0 Å². The number of anilines is 2. The molecule has 3 nitrogen and oxygen atoms in total. The minimum absolute atomic E-state index is 0.141. The summed E-state index contributed by atoms with van der Waals surface area (Å²) >= 11 is 0. The van der Waals surface area contributed by atoms with Gasteiger partial charge in [-0.3, -0.25) is 0 Å². The highest BCUT2D eigenvalue weighted by Crippen LogP contribution is 2.21. The van der Waals surface area contributed by atoms with Crippen LogP contribution in [0.3, 0.4) is 0 Å². The fourth-order valence-electron chi connectivity index (χ4n) is 1.56. The van der Waals surface area contributed by atoms with Gasteiger partial charge in [-0.15, -0.1) is 0 Å². The van der Waals surface area contributed by atoms with Crippen LogP contribution in [0.2, 0.25) is 0 Å². The second-order valence-corrected chi connectivity index (χ2v) is 3.65. The number of aromatic nitrogens is 1. The number of hydrogen-bond acceptors (Lipinski definition) is 3. The van der Waals surface area contributed by atoms with Crippen LogP contribution in [-0.4, -0.2) is 18.1 Å². The highest BCUT2D eigenvalue weighted by Gasteiger charge is 2.15. The van der Waals surface area contributed by atoms with E-state index in [0.29, 0.717) is 13.1 Å². The third-order valence-corrected chi connectivity index (χ3v) is 2.22. The van der Waals surface area contributed by atoms with Gasteiger partial charge in [0.05, 0.1) is 0 Å². The summed E-state index contributed by atoms with van der Waals surface area (Å²) < 4.78 is 26.5. The van der Waals surface area contributed by atoms with Gasteiger partial charge in [-0.25, -0.2) is 13.8 Å². The second-order valence-electron chi connectivity index (χ2n) is 3.65. The van der Waals surface area contributed by atoms with Crippen molar-refractivity contribution in [2.24, 2.45) is 0 Å². The van der Waals surface area contributed by atoms with E-state index in [1.54, 1.807) is 4.90 Å². The summed E-state index contributed by atoms with van der Waals surface area (Å²) in [6.45, 7) is 5.35. The van der Waals surface area contributed by atoms with Crippen molar-refractivity contribution < 1.29 is 8.78 Å². The molecule has 1 rings (SSSR count). The Morgan fingerprint density at radius 1 is 1.19 bits per heavy atom. The predicted octanol–water partition coefficient (Wildman–Crippen LogP) is 2.57. The van der Waals surface area contributed by atoms with Gasteiger partial charge in [0, 0.05) is 19.2 Å². The summed E-state index contributed by atoms with van der Waals surface area (Å²) in [5, 5.41) is 0. The summed E-state index contributed by atoms with van der Waals surface area (Å²) in [6.07, 6.45) is 1.75. The van der Waals surface area contributed by atoms with E-state index in [4.69, 9.17) is 5.73 Å². The van der Waals surface area contributed by atoms with Crippen molar-refractivity contribution in [1.82, 2.24) is 4.98 Å². The maximum absolute atomic E-state index is 13.5. The molecule has 0 spiro atoms. The van der Waals surface area contributed by atoms with Crippen LogP contribution in [0.15, 0.2) is 6.07 Å². The molecule has 5 heteroatoms. The predicted molar refractivity (Wildman–Crippen MR) is 61.4 cm³/mol. The minimum Gasteiger partial charge on any atom is -0.381 e. The summed E-state index contributed by atoms with van der Waals surface area (Å²) in [5.74, 6) is -1.58. The Labute approximate surface area is 94.3 Å². The lowest BCUT2D eigenvalue weighted by molar-refractivity contribution is 0.568. The summed E-state index contributed by atoms with van der Waals surface area (Å²) in [4.78, 5) is 5.55. The van der Waals surface area contributed by atoms with Gasteiger partial charge in [-0.05, 0) is 12.8 Å². The van der Waals surface area contributed by atoms with Crippen molar-refractivity contribution in [3.8, 4) is 0 Å². The van der Waals surface area contributed by atoms with Crippen LogP contribution in [0.1, 0.15) is 26.7 Å². The number of nitrogens with zero attached hydrogens (tertiary/aromatic N) is 2. The third-order valence-electron chi connectivity index (χ3n) is 2.22. The smallest absolute Gasteiger partial charge is 0.168 e. The molecule has 0 saturated carbocycles. The fourth-order valence-corrected chi connectivity index (χ4v) is 1.56. The average molecular weight is 229 g/mol. The average Bonchev–Trinajstić information content (AvgIpc) is 2.23. The molecule has 0 fully saturated rings. The van der Waals surface area contributed by atoms with E-state index in [9.17, 15) is 8.78 Å². The molecule has 90 valence electrons. The number of halogens is 2. The number of nitrogens with two attached hydrogens (primary N) is 1. The molecule has 0 saturated heterocycles. The molecule has 1 aromatic heterocycles. The van der Waals surface area contributed by atoms with Crippen molar-refractivity contribution >= 4 is 11.6 Å². The molecule has 2 N–H and O–H groups in total.